The molecule has 18 heavy (non-hydrogen) atoms. The molecule has 4 heteroatoms. The molecule has 0 bridgehead atoms. The minimum Gasteiger partial charge on any atom is -0.330 e. The maximum absolute atomic E-state index is 5.82. The van der Waals surface area contributed by atoms with Crippen LogP contribution in [-0.4, -0.2) is 14.0 Å². The SMILES string of the molecule is NCCCCCCCCCCCCCC[SiH](Cl)Cl. The largest absolute Gasteiger partial charge is 0.330 e. The van der Waals surface area contributed by atoms with E-state index < -0.39 is 7.42 Å². The Kier molecular flexibility index (Phi) is 16.5. The standard InChI is InChI=1S/C14H31Cl2NSi/c15-18(16)14-12-10-8-6-4-2-1-3-5-7-9-11-13-17/h18H,1-14,17H2. The van der Waals surface area contributed by atoms with Gasteiger partial charge in [-0.05, 0) is 19.0 Å². The number of hydrogen-bond acceptors (Lipinski definition) is 1. The van der Waals surface area contributed by atoms with Crippen LogP contribution in [0.1, 0.15) is 77.0 Å². The highest BCUT2D eigenvalue weighted by atomic mass is 35.7. The number of nitrogens with two attached hydrogens (primary N) is 1. The predicted octanol–water partition coefficient (Wildman–Crippen LogP) is 5.32. The van der Waals surface area contributed by atoms with Crippen LogP contribution in [0.5, 0.6) is 0 Å². The van der Waals surface area contributed by atoms with Crippen molar-refractivity contribution in [2.24, 2.45) is 5.73 Å². The Morgan fingerprint density at radius 2 is 0.889 bits per heavy atom. The third kappa shape index (κ3) is 16.8. The van der Waals surface area contributed by atoms with Crippen molar-refractivity contribution in [1.29, 1.82) is 0 Å². The summed E-state index contributed by atoms with van der Waals surface area (Å²) in [7, 11) is -1.32. The van der Waals surface area contributed by atoms with Gasteiger partial charge in [-0.25, -0.2) is 0 Å². The molecule has 0 heterocycles. The van der Waals surface area contributed by atoms with E-state index in [1.165, 1.54) is 77.0 Å². The van der Waals surface area contributed by atoms with Crippen molar-refractivity contribution in [3.63, 3.8) is 0 Å². The van der Waals surface area contributed by atoms with Crippen LogP contribution in [0, 0.1) is 0 Å². The van der Waals surface area contributed by atoms with E-state index in [9.17, 15) is 0 Å². The van der Waals surface area contributed by atoms with Gasteiger partial charge in [-0.3, -0.25) is 0 Å². The van der Waals surface area contributed by atoms with Gasteiger partial charge < -0.3 is 5.73 Å². The van der Waals surface area contributed by atoms with Crippen molar-refractivity contribution in [1.82, 2.24) is 0 Å². The van der Waals surface area contributed by atoms with Crippen LogP contribution in [0.15, 0.2) is 0 Å². The fourth-order valence-electron chi connectivity index (χ4n) is 2.21. The van der Waals surface area contributed by atoms with Gasteiger partial charge in [0.1, 0.15) is 0 Å². The van der Waals surface area contributed by atoms with Gasteiger partial charge in [0.05, 0.1) is 0 Å². The minimum absolute atomic E-state index is 0.858. The van der Waals surface area contributed by atoms with E-state index >= 15 is 0 Å². The minimum atomic E-state index is -1.32. The van der Waals surface area contributed by atoms with Crippen molar-refractivity contribution in [2.45, 2.75) is 83.1 Å². The summed E-state index contributed by atoms with van der Waals surface area (Å²) in [4.78, 5) is 0. The number of rotatable bonds is 14. The maximum atomic E-state index is 5.82. The Hall–Kier alpha value is 0.757. The quantitative estimate of drug-likeness (QED) is 0.262. The van der Waals surface area contributed by atoms with Gasteiger partial charge in [-0.15, -0.1) is 0 Å². The zero-order valence-corrected chi connectivity index (χ0v) is 14.5. The average molecular weight is 312 g/mol. The lowest BCUT2D eigenvalue weighted by Gasteiger charge is -2.03. The lowest BCUT2D eigenvalue weighted by atomic mass is 10.1. The van der Waals surface area contributed by atoms with E-state index in [2.05, 4.69) is 0 Å². The summed E-state index contributed by atoms with van der Waals surface area (Å²) in [5.74, 6) is 0. The van der Waals surface area contributed by atoms with Crippen molar-refractivity contribution in [3.8, 4) is 0 Å². The molecule has 0 amide bonds. The third-order valence-corrected chi connectivity index (χ3v) is 5.53. The number of hydrogen-bond donors (Lipinski definition) is 1. The zero-order chi connectivity index (χ0) is 13.5. The monoisotopic (exact) mass is 311 g/mol. The molecule has 0 spiro atoms. The van der Waals surface area contributed by atoms with Gasteiger partial charge in [-0.1, -0.05) is 70.6 Å². The normalized spacial score (nSPS) is 11.3. The fraction of sp³-hybridized carbons (Fsp3) is 1.00. The smallest absolute Gasteiger partial charge is 0.237 e. The predicted molar refractivity (Wildman–Crippen MR) is 88.1 cm³/mol. The van der Waals surface area contributed by atoms with E-state index in [1.54, 1.807) is 0 Å². The molecule has 0 aliphatic heterocycles. The molecule has 0 saturated carbocycles. The molecule has 0 aliphatic rings. The van der Waals surface area contributed by atoms with Crippen LogP contribution in [-0.2, 0) is 0 Å². The first-order valence-corrected chi connectivity index (χ1v) is 12.1. The van der Waals surface area contributed by atoms with Crippen LogP contribution < -0.4 is 5.73 Å². The lowest BCUT2D eigenvalue weighted by Crippen LogP contribution is -1.97. The molecule has 0 aromatic carbocycles. The molecule has 0 saturated heterocycles. The highest BCUT2D eigenvalue weighted by Crippen LogP contribution is 2.14. The molecule has 110 valence electrons. The zero-order valence-electron chi connectivity index (χ0n) is 11.8. The van der Waals surface area contributed by atoms with Gasteiger partial charge in [0, 0.05) is 0 Å². The maximum Gasteiger partial charge on any atom is 0.237 e. The van der Waals surface area contributed by atoms with Crippen LogP contribution in [0.4, 0.5) is 0 Å². The summed E-state index contributed by atoms with van der Waals surface area (Å²) in [6, 6.07) is 1.09. The van der Waals surface area contributed by atoms with Gasteiger partial charge >= 0.3 is 0 Å². The summed E-state index contributed by atoms with van der Waals surface area (Å²) >= 11 is 11.6. The molecule has 0 aromatic heterocycles. The van der Waals surface area contributed by atoms with Gasteiger partial charge in [0.2, 0.25) is 7.42 Å². The van der Waals surface area contributed by atoms with Crippen LogP contribution in [0.3, 0.4) is 0 Å². The Labute approximate surface area is 125 Å². The molecule has 0 unspecified atom stereocenters. The van der Waals surface area contributed by atoms with Crippen molar-refractivity contribution in [2.75, 3.05) is 6.54 Å². The fourth-order valence-corrected chi connectivity index (χ4v) is 3.73. The molecule has 0 aliphatic carbocycles. The second-order valence-electron chi connectivity index (χ2n) is 5.21. The Balaban J connectivity index is 2.90. The van der Waals surface area contributed by atoms with Crippen LogP contribution >= 0.6 is 22.2 Å². The first-order valence-electron chi connectivity index (χ1n) is 7.75. The van der Waals surface area contributed by atoms with Crippen molar-refractivity contribution < 1.29 is 0 Å². The molecule has 0 aromatic rings. The van der Waals surface area contributed by atoms with Gasteiger partial charge in [0.15, 0.2) is 0 Å². The van der Waals surface area contributed by atoms with Crippen molar-refractivity contribution >= 4 is 29.6 Å². The summed E-state index contributed by atoms with van der Waals surface area (Å²) in [5, 5.41) is 0. The molecular weight excluding hydrogens is 281 g/mol. The van der Waals surface area contributed by atoms with E-state index in [0.717, 1.165) is 12.6 Å². The Morgan fingerprint density at radius 3 is 1.22 bits per heavy atom. The first kappa shape index (κ1) is 18.8. The van der Waals surface area contributed by atoms with Crippen molar-refractivity contribution in [3.05, 3.63) is 0 Å². The highest BCUT2D eigenvalue weighted by Gasteiger charge is 2.00. The molecule has 0 radical (unpaired) electrons. The Bertz CT molecular complexity index is 157. The Morgan fingerprint density at radius 1 is 0.556 bits per heavy atom. The van der Waals surface area contributed by atoms with E-state index in [-0.39, 0.29) is 0 Å². The molecular formula is C14H31Cl2NSi. The molecule has 2 N–H and O–H groups in total. The van der Waals surface area contributed by atoms with Gasteiger partial charge in [-0.2, -0.15) is 22.2 Å². The third-order valence-electron chi connectivity index (χ3n) is 3.38. The van der Waals surface area contributed by atoms with Crippen LogP contribution in [0.2, 0.25) is 6.04 Å². The first-order chi connectivity index (χ1) is 8.77. The number of unbranched alkanes of at least 4 members (excludes halogenated alkanes) is 11. The van der Waals surface area contributed by atoms with Crippen LogP contribution in [0.25, 0.3) is 0 Å². The summed E-state index contributed by atoms with van der Waals surface area (Å²) in [6.07, 6.45) is 16.3. The second-order valence-corrected chi connectivity index (χ2v) is 10.4. The van der Waals surface area contributed by atoms with Gasteiger partial charge in [0.25, 0.3) is 0 Å². The lowest BCUT2D eigenvalue weighted by molar-refractivity contribution is 0.545. The van der Waals surface area contributed by atoms with E-state index in [0.29, 0.717) is 0 Å². The second kappa shape index (κ2) is 15.8. The highest BCUT2D eigenvalue weighted by molar-refractivity contribution is 7.33. The molecule has 1 nitrogen and oxygen atoms in total. The van der Waals surface area contributed by atoms with E-state index in [1.807, 2.05) is 0 Å². The number of halogens is 2. The summed E-state index contributed by atoms with van der Waals surface area (Å²) in [6.45, 7) is 0.858. The molecule has 0 rings (SSSR count). The molecule has 0 atom stereocenters. The topological polar surface area (TPSA) is 26.0 Å². The molecule has 0 fully saturated rings. The average Bonchev–Trinajstić information content (AvgIpc) is 2.34. The van der Waals surface area contributed by atoms with E-state index in [4.69, 9.17) is 27.9 Å². The summed E-state index contributed by atoms with van der Waals surface area (Å²) in [5.41, 5.74) is 5.46. The summed E-state index contributed by atoms with van der Waals surface area (Å²) < 4.78 is 0.